The summed E-state index contributed by atoms with van der Waals surface area (Å²) in [5.41, 5.74) is 0. The second-order valence-electron chi connectivity index (χ2n) is 3.72. The Labute approximate surface area is 94.3 Å². The quantitative estimate of drug-likeness (QED) is 0.528. The predicted molar refractivity (Wildman–Crippen MR) is 57.1 cm³/mol. The van der Waals surface area contributed by atoms with Crippen molar-refractivity contribution in [3.8, 4) is 0 Å². The summed E-state index contributed by atoms with van der Waals surface area (Å²) in [5, 5.41) is 14.2. The van der Waals surface area contributed by atoms with Crippen LogP contribution in [0.25, 0.3) is 0 Å². The summed E-state index contributed by atoms with van der Waals surface area (Å²) >= 11 is 0. The van der Waals surface area contributed by atoms with Gasteiger partial charge in [-0.15, -0.1) is 0 Å². The van der Waals surface area contributed by atoms with E-state index in [4.69, 9.17) is 9.84 Å². The van der Waals surface area contributed by atoms with E-state index in [1.807, 2.05) is 0 Å². The first-order valence-corrected chi connectivity index (χ1v) is 5.51. The van der Waals surface area contributed by atoms with E-state index >= 15 is 0 Å². The average Bonchev–Trinajstić information content (AvgIpc) is 2.29. The van der Waals surface area contributed by atoms with Crippen LogP contribution < -0.4 is 10.6 Å². The number of carbonyl (C=O) groups is 2. The van der Waals surface area contributed by atoms with E-state index in [0.29, 0.717) is 39.1 Å². The van der Waals surface area contributed by atoms with Gasteiger partial charge in [0.2, 0.25) is 5.91 Å². The fraction of sp³-hybridized carbons (Fsp3) is 0.800. The van der Waals surface area contributed by atoms with Crippen molar-refractivity contribution in [2.75, 3.05) is 26.3 Å². The third-order valence-corrected chi connectivity index (χ3v) is 2.35. The van der Waals surface area contributed by atoms with Crippen LogP contribution in [0.5, 0.6) is 0 Å². The van der Waals surface area contributed by atoms with Gasteiger partial charge in [-0.1, -0.05) is 0 Å². The molecule has 0 aromatic rings. The Hall–Kier alpha value is -1.14. The van der Waals surface area contributed by atoms with E-state index in [9.17, 15) is 9.59 Å². The monoisotopic (exact) mass is 230 g/mol. The van der Waals surface area contributed by atoms with E-state index in [2.05, 4.69) is 10.6 Å². The molecule has 1 amide bonds. The molecule has 1 saturated heterocycles. The summed E-state index contributed by atoms with van der Waals surface area (Å²) in [4.78, 5) is 21.8. The molecule has 1 rings (SSSR count). The number of unbranched alkanes of at least 4 members (excludes halogenated alkanes) is 1. The molecule has 3 N–H and O–H groups in total. The average molecular weight is 230 g/mol. The SMILES string of the molecule is O=C(O)CCCCNC(=O)[C@@H]1COCCN1. The zero-order valence-electron chi connectivity index (χ0n) is 9.20. The zero-order valence-corrected chi connectivity index (χ0v) is 9.20. The number of amides is 1. The Morgan fingerprint density at radius 3 is 2.88 bits per heavy atom. The predicted octanol–water partition coefficient (Wildman–Crippen LogP) is -0.654. The smallest absolute Gasteiger partial charge is 0.303 e. The fourth-order valence-electron chi connectivity index (χ4n) is 1.47. The highest BCUT2D eigenvalue weighted by Crippen LogP contribution is 1.95. The minimum absolute atomic E-state index is 0.0741. The third kappa shape index (κ3) is 5.09. The number of hydrogen-bond donors (Lipinski definition) is 3. The molecule has 6 heteroatoms. The molecule has 1 atom stereocenters. The first kappa shape index (κ1) is 12.9. The lowest BCUT2D eigenvalue weighted by Gasteiger charge is -2.22. The Morgan fingerprint density at radius 1 is 1.44 bits per heavy atom. The van der Waals surface area contributed by atoms with Crippen molar-refractivity contribution in [1.29, 1.82) is 0 Å². The Kier molecular flexibility index (Phi) is 5.81. The van der Waals surface area contributed by atoms with Crippen LogP contribution in [0.1, 0.15) is 19.3 Å². The summed E-state index contributed by atoms with van der Waals surface area (Å²) in [5.74, 6) is -0.872. The maximum absolute atomic E-state index is 11.5. The lowest BCUT2D eigenvalue weighted by Crippen LogP contribution is -2.51. The molecule has 0 aromatic heterocycles. The van der Waals surface area contributed by atoms with Gasteiger partial charge in [-0.05, 0) is 12.8 Å². The lowest BCUT2D eigenvalue weighted by molar-refractivity contribution is -0.137. The summed E-state index contributed by atoms with van der Waals surface area (Å²) in [6.45, 7) is 2.25. The van der Waals surface area contributed by atoms with Crippen LogP contribution in [0.4, 0.5) is 0 Å². The third-order valence-electron chi connectivity index (χ3n) is 2.35. The van der Waals surface area contributed by atoms with Gasteiger partial charge in [-0.25, -0.2) is 0 Å². The van der Waals surface area contributed by atoms with Crippen LogP contribution in [-0.2, 0) is 14.3 Å². The molecule has 16 heavy (non-hydrogen) atoms. The normalized spacial score (nSPS) is 20.4. The highest BCUT2D eigenvalue weighted by atomic mass is 16.5. The van der Waals surface area contributed by atoms with E-state index in [0.717, 1.165) is 0 Å². The van der Waals surface area contributed by atoms with Gasteiger partial charge in [0.05, 0.1) is 13.2 Å². The molecule has 92 valence electrons. The maximum atomic E-state index is 11.5. The zero-order chi connectivity index (χ0) is 11.8. The van der Waals surface area contributed by atoms with Crippen molar-refractivity contribution in [3.05, 3.63) is 0 Å². The molecule has 1 aliphatic rings. The van der Waals surface area contributed by atoms with Crippen molar-refractivity contribution < 1.29 is 19.4 Å². The van der Waals surface area contributed by atoms with Crippen molar-refractivity contribution in [2.24, 2.45) is 0 Å². The first-order valence-electron chi connectivity index (χ1n) is 5.51. The van der Waals surface area contributed by atoms with Gasteiger partial charge in [0.25, 0.3) is 0 Å². The van der Waals surface area contributed by atoms with Crippen LogP contribution in [-0.4, -0.2) is 49.3 Å². The summed E-state index contributed by atoms with van der Waals surface area (Å²) in [6, 6.07) is -0.270. The summed E-state index contributed by atoms with van der Waals surface area (Å²) in [7, 11) is 0. The molecule has 0 aliphatic carbocycles. The number of hydrogen-bond acceptors (Lipinski definition) is 4. The Bertz CT molecular complexity index is 239. The molecule has 1 aliphatic heterocycles. The minimum Gasteiger partial charge on any atom is -0.481 e. The molecular weight excluding hydrogens is 212 g/mol. The number of carboxylic acid groups (broad SMARTS) is 1. The molecule has 0 radical (unpaired) electrons. The molecule has 0 saturated carbocycles. The van der Waals surface area contributed by atoms with Crippen LogP contribution in [0, 0.1) is 0 Å². The molecule has 0 spiro atoms. The summed E-state index contributed by atoms with van der Waals surface area (Å²) < 4.78 is 5.16. The number of carbonyl (C=O) groups excluding carboxylic acids is 1. The van der Waals surface area contributed by atoms with Crippen molar-refractivity contribution in [1.82, 2.24) is 10.6 Å². The molecule has 0 bridgehead atoms. The Morgan fingerprint density at radius 2 is 2.25 bits per heavy atom. The number of carboxylic acids is 1. The largest absolute Gasteiger partial charge is 0.481 e. The highest BCUT2D eigenvalue weighted by molar-refractivity contribution is 5.81. The van der Waals surface area contributed by atoms with Gasteiger partial charge in [0.1, 0.15) is 6.04 Å². The second kappa shape index (κ2) is 7.19. The topological polar surface area (TPSA) is 87.7 Å². The number of morpholine rings is 1. The van der Waals surface area contributed by atoms with Gasteiger partial charge in [0.15, 0.2) is 0 Å². The van der Waals surface area contributed by atoms with Crippen LogP contribution in [0.2, 0.25) is 0 Å². The molecule has 0 aromatic carbocycles. The summed E-state index contributed by atoms with van der Waals surface area (Å²) in [6.07, 6.45) is 1.43. The molecule has 1 heterocycles. The molecule has 1 fully saturated rings. The molecule has 0 unspecified atom stereocenters. The minimum atomic E-state index is -0.798. The van der Waals surface area contributed by atoms with E-state index < -0.39 is 5.97 Å². The number of ether oxygens (including phenoxy) is 1. The van der Waals surface area contributed by atoms with Gasteiger partial charge >= 0.3 is 5.97 Å². The van der Waals surface area contributed by atoms with E-state index in [-0.39, 0.29) is 18.4 Å². The van der Waals surface area contributed by atoms with Crippen molar-refractivity contribution in [2.45, 2.75) is 25.3 Å². The fourth-order valence-corrected chi connectivity index (χ4v) is 1.47. The maximum Gasteiger partial charge on any atom is 0.303 e. The van der Waals surface area contributed by atoms with Gasteiger partial charge in [-0.2, -0.15) is 0 Å². The van der Waals surface area contributed by atoms with Crippen molar-refractivity contribution >= 4 is 11.9 Å². The highest BCUT2D eigenvalue weighted by Gasteiger charge is 2.20. The van der Waals surface area contributed by atoms with Gasteiger partial charge in [-0.3, -0.25) is 9.59 Å². The standard InChI is InChI=1S/C10H18N2O4/c13-9(14)3-1-2-4-12-10(15)8-7-16-6-5-11-8/h8,11H,1-7H2,(H,12,15)(H,13,14)/t8-/m0/s1. The number of aliphatic carboxylic acids is 1. The van der Waals surface area contributed by atoms with Crippen molar-refractivity contribution in [3.63, 3.8) is 0 Å². The van der Waals surface area contributed by atoms with Gasteiger partial charge in [0, 0.05) is 19.5 Å². The van der Waals surface area contributed by atoms with Gasteiger partial charge < -0.3 is 20.5 Å². The Balaban J connectivity index is 2.03. The lowest BCUT2D eigenvalue weighted by atomic mass is 10.2. The van der Waals surface area contributed by atoms with E-state index in [1.165, 1.54) is 0 Å². The molecule has 6 nitrogen and oxygen atoms in total. The number of nitrogens with one attached hydrogen (secondary N) is 2. The van der Waals surface area contributed by atoms with E-state index in [1.54, 1.807) is 0 Å². The van der Waals surface area contributed by atoms with Crippen LogP contribution in [0.3, 0.4) is 0 Å². The second-order valence-corrected chi connectivity index (χ2v) is 3.72. The van der Waals surface area contributed by atoms with Crippen LogP contribution in [0.15, 0.2) is 0 Å². The number of rotatable bonds is 6. The first-order chi connectivity index (χ1) is 7.70. The van der Waals surface area contributed by atoms with Crippen LogP contribution >= 0.6 is 0 Å². The molecular formula is C10H18N2O4.